The molecule has 0 saturated heterocycles. The Morgan fingerprint density at radius 2 is 1.77 bits per heavy atom. The van der Waals surface area contributed by atoms with Crippen molar-refractivity contribution in [2.24, 2.45) is 29.1 Å². The highest BCUT2D eigenvalue weighted by Crippen LogP contribution is 2.62. The van der Waals surface area contributed by atoms with E-state index >= 15 is 0 Å². The zero-order valence-corrected chi connectivity index (χ0v) is 16.3. The fourth-order valence-corrected chi connectivity index (χ4v) is 6.92. The lowest BCUT2D eigenvalue weighted by atomic mass is 9.53. The second-order valence-corrected chi connectivity index (χ2v) is 9.29. The second kappa shape index (κ2) is 6.69. The van der Waals surface area contributed by atoms with Crippen LogP contribution in [-0.4, -0.2) is 24.1 Å². The summed E-state index contributed by atoms with van der Waals surface area (Å²) in [6.45, 7) is 5.42. The van der Waals surface area contributed by atoms with Gasteiger partial charge in [-0.1, -0.05) is 18.6 Å². The Labute approximate surface area is 156 Å². The summed E-state index contributed by atoms with van der Waals surface area (Å²) in [5, 5.41) is 0. The van der Waals surface area contributed by atoms with Gasteiger partial charge in [0.25, 0.3) is 0 Å². The van der Waals surface area contributed by atoms with Crippen LogP contribution in [0.4, 0.5) is 0 Å². The summed E-state index contributed by atoms with van der Waals surface area (Å²) in [6, 6.07) is 0. The molecular formula is C22H32O4. The van der Waals surface area contributed by atoms with Crippen molar-refractivity contribution in [3.05, 3.63) is 11.6 Å². The number of hydrogen-bond acceptors (Lipinski definition) is 4. The van der Waals surface area contributed by atoms with E-state index in [1.165, 1.54) is 26.2 Å². The average molecular weight is 360 g/mol. The number of esters is 2. The summed E-state index contributed by atoms with van der Waals surface area (Å²) < 4.78 is 11.2. The van der Waals surface area contributed by atoms with E-state index < -0.39 is 0 Å². The van der Waals surface area contributed by atoms with Gasteiger partial charge in [-0.2, -0.15) is 0 Å². The third-order valence-corrected chi connectivity index (χ3v) is 7.95. The molecular weight excluding hydrogens is 328 g/mol. The Kier molecular flexibility index (Phi) is 4.65. The molecule has 0 amide bonds. The molecule has 4 aliphatic carbocycles. The average Bonchev–Trinajstić information content (AvgIpc) is 2.90. The molecule has 0 N–H and O–H groups in total. The molecule has 0 aromatic heterocycles. The Bertz CT molecular complexity index is 624. The molecule has 7 atom stereocenters. The van der Waals surface area contributed by atoms with Gasteiger partial charge in [-0.15, -0.1) is 0 Å². The van der Waals surface area contributed by atoms with Crippen molar-refractivity contribution in [1.82, 2.24) is 0 Å². The van der Waals surface area contributed by atoms with Crippen molar-refractivity contribution in [3.63, 3.8) is 0 Å². The van der Waals surface area contributed by atoms with Crippen molar-refractivity contribution in [2.45, 2.75) is 84.3 Å². The predicted molar refractivity (Wildman–Crippen MR) is 98.2 cm³/mol. The van der Waals surface area contributed by atoms with Crippen LogP contribution < -0.4 is 0 Å². The van der Waals surface area contributed by atoms with Crippen molar-refractivity contribution >= 4 is 11.9 Å². The van der Waals surface area contributed by atoms with Gasteiger partial charge in [0, 0.05) is 25.7 Å². The SMILES string of the molecule is CC(=O)OC1CCC2C(=CCC3C2CCC2(C)C(OC(C)=O)CCC32)C1. The summed E-state index contributed by atoms with van der Waals surface area (Å²) in [4.78, 5) is 22.8. The Hall–Kier alpha value is -1.32. The smallest absolute Gasteiger partial charge is 0.302 e. The van der Waals surface area contributed by atoms with E-state index in [1.807, 2.05) is 0 Å². The zero-order valence-electron chi connectivity index (χ0n) is 16.3. The molecule has 7 unspecified atom stereocenters. The Balaban J connectivity index is 1.50. The van der Waals surface area contributed by atoms with Crippen LogP contribution in [0.2, 0.25) is 0 Å². The lowest BCUT2D eigenvalue weighted by Crippen LogP contribution is -2.48. The summed E-state index contributed by atoms with van der Waals surface area (Å²) >= 11 is 0. The van der Waals surface area contributed by atoms with Crippen LogP contribution >= 0.6 is 0 Å². The minimum absolute atomic E-state index is 0.0835. The van der Waals surface area contributed by atoms with E-state index in [2.05, 4.69) is 13.0 Å². The lowest BCUT2D eigenvalue weighted by Gasteiger charge is -2.53. The molecule has 0 spiro atoms. The molecule has 0 bridgehead atoms. The molecule has 4 rings (SSSR count). The highest BCUT2D eigenvalue weighted by Gasteiger charge is 2.57. The molecule has 3 saturated carbocycles. The van der Waals surface area contributed by atoms with E-state index in [1.54, 1.807) is 12.5 Å². The van der Waals surface area contributed by atoms with Crippen LogP contribution in [0.5, 0.6) is 0 Å². The molecule has 144 valence electrons. The maximum atomic E-state index is 11.5. The van der Waals surface area contributed by atoms with Gasteiger partial charge in [0.15, 0.2) is 0 Å². The van der Waals surface area contributed by atoms with Crippen molar-refractivity contribution in [1.29, 1.82) is 0 Å². The maximum Gasteiger partial charge on any atom is 0.302 e. The summed E-state index contributed by atoms with van der Waals surface area (Å²) in [7, 11) is 0. The van der Waals surface area contributed by atoms with Crippen molar-refractivity contribution in [2.75, 3.05) is 0 Å². The molecule has 0 aromatic rings. The largest absolute Gasteiger partial charge is 0.462 e. The molecule has 4 aliphatic rings. The highest BCUT2D eigenvalue weighted by atomic mass is 16.5. The fourth-order valence-electron chi connectivity index (χ4n) is 6.92. The number of carbonyl (C=O) groups excluding carboxylic acids is 2. The molecule has 0 aliphatic heterocycles. The van der Waals surface area contributed by atoms with Gasteiger partial charge < -0.3 is 9.47 Å². The van der Waals surface area contributed by atoms with E-state index in [-0.39, 0.29) is 29.6 Å². The monoisotopic (exact) mass is 360 g/mol. The summed E-state index contributed by atoms with van der Waals surface area (Å²) in [5.74, 6) is 2.57. The summed E-state index contributed by atoms with van der Waals surface area (Å²) in [6.07, 6.45) is 11.5. The molecule has 4 nitrogen and oxygen atoms in total. The van der Waals surface area contributed by atoms with Gasteiger partial charge in [-0.25, -0.2) is 0 Å². The van der Waals surface area contributed by atoms with Crippen LogP contribution in [0.3, 0.4) is 0 Å². The molecule has 26 heavy (non-hydrogen) atoms. The minimum Gasteiger partial charge on any atom is -0.462 e. The third-order valence-electron chi connectivity index (χ3n) is 7.95. The molecule has 0 radical (unpaired) electrons. The van der Waals surface area contributed by atoms with Crippen LogP contribution in [0, 0.1) is 29.1 Å². The zero-order chi connectivity index (χ0) is 18.5. The number of rotatable bonds is 2. The first-order valence-electron chi connectivity index (χ1n) is 10.4. The number of fused-ring (bicyclic) bond motifs is 5. The van der Waals surface area contributed by atoms with E-state index in [0.29, 0.717) is 11.8 Å². The first-order valence-corrected chi connectivity index (χ1v) is 10.4. The van der Waals surface area contributed by atoms with Gasteiger partial charge in [0.1, 0.15) is 12.2 Å². The van der Waals surface area contributed by atoms with E-state index in [4.69, 9.17) is 9.47 Å². The number of hydrogen-bond donors (Lipinski definition) is 0. The van der Waals surface area contributed by atoms with Crippen LogP contribution in [0.1, 0.15) is 72.1 Å². The first-order chi connectivity index (χ1) is 12.4. The first kappa shape index (κ1) is 18.1. The van der Waals surface area contributed by atoms with Crippen LogP contribution in [-0.2, 0) is 19.1 Å². The van der Waals surface area contributed by atoms with Crippen molar-refractivity contribution in [3.8, 4) is 0 Å². The molecule has 4 heteroatoms. The number of allylic oxidation sites excluding steroid dienone is 1. The van der Waals surface area contributed by atoms with Gasteiger partial charge in [0.2, 0.25) is 0 Å². The Morgan fingerprint density at radius 3 is 2.50 bits per heavy atom. The highest BCUT2D eigenvalue weighted by molar-refractivity contribution is 5.66. The Morgan fingerprint density at radius 1 is 1.00 bits per heavy atom. The molecule has 3 fully saturated rings. The number of carbonyl (C=O) groups is 2. The summed E-state index contributed by atoms with van der Waals surface area (Å²) in [5.41, 5.74) is 1.70. The predicted octanol–water partition coefficient (Wildman–Crippen LogP) is 4.42. The molecule has 0 heterocycles. The van der Waals surface area contributed by atoms with Crippen LogP contribution in [0.15, 0.2) is 11.6 Å². The molecule has 0 aromatic carbocycles. The van der Waals surface area contributed by atoms with Crippen molar-refractivity contribution < 1.29 is 19.1 Å². The standard InChI is InChI=1S/C22H32O4/c1-13(23)25-16-5-7-17-15(12-16)4-6-19-18(17)10-11-22(3)20(19)8-9-21(22)26-14(2)24/h4,16-21H,5-12H2,1-3H3. The van der Waals surface area contributed by atoms with Gasteiger partial charge in [-0.05, 0) is 68.6 Å². The lowest BCUT2D eigenvalue weighted by molar-refractivity contribution is -0.155. The maximum absolute atomic E-state index is 11.5. The van der Waals surface area contributed by atoms with Gasteiger partial charge in [-0.3, -0.25) is 9.59 Å². The van der Waals surface area contributed by atoms with Gasteiger partial charge in [0.05, 0.1) is 0 Å². The van der Waals surface area contributed by atoms with Gasteiger partial charge >= 0.3 is 11.9 Å². The quantitative estimate of drug-likeness (QED) is 0.540. The topological polar surface area (TPSA) is 52.6 Å². The van der Waals surface area contributed by atoms with E-state index in [9.17, 15) is 9.59 Å². The second-order valence-electron chi connectivity index (χ2n) is 9.29. The minimum atomic E-state index is -0.154. The number of ether oxygens (including phenoxy) is 2. The fraction of sp³-hybridized carbons (Fsp3) is 0.818. The van der Waals surface area contributed by atoms with E-state index in [0.717, 1.165) is 43.9 Å². The van der Waals surface area contributed by atoms with Crippen LogP contribution in [0.25, 0.3) is 0 Å². The third kappa shape index (κ3) is 2.99. The normalized spacial score (nSPS) is 44.2.